The molecular weight excluding hydrogens is 214 g/mol. The molecule has 0 radical (unpaired) electrons. The van der Waals surface area contributed by atoms with Gasteiger partial charge in [0.05, 0.1) is 0 Å². The standard InChI is InChI=1S/C6H13NO3.C4H10O2/c1-6(9-3,10-4)7(2)5-8;1-4(5-2)6-3/h5H,1-4H3;4H,1-3H3. The molecule has 0 fully saturated rings. The lowest BCUT2D eigenvalue weighted by Crippen LogP contribution is -2.46. The third-order valence-corrected chi connectivity index (χ3v) is 2.22. The normalized spacial score (nSPS) is 10.8. The van der Waals surface area contributed by atoms with Crippen LogP contribution < -0.4 is 0 Å². The summed E-state index contributed by atoms with van der Waals surface area (Å²) < 4.78 is 19.2. The fourth-order valence-corrected chi connectivity index (χ4v) is 0.563. The van der Waals surface area contributed by atoms with Crippen molar-refractivity contribution in [3.05, 3.63) is 0 Å². The molecule has 0 bridgehead atoms. The summed E-state index contributed by atoms with van der Waals surface area (Å²) in [4.78, 5) is 11.5. The largest absolute Gasteiger partial charge is 0.356 e. The molecular formula is C10H23NO5. The van der Waals surface area contributed by atoms with Crippen LogP contribution in [0.3, 0.4) is 0 Å². The molecule has 6 heteroatoms. The molecule has 98 valence electrons. The molecule has 0 aliphatic heterocycles. The highest BCUT2D eigenvalue weighted by Crippen LogP contribution is 2.11. The second-order valence-corrected chi connectivity index (χ2v) is 3.06. The molecule has 0 spiro atoms. The zero-order valence-corrected chi connectivity index (χ0v) is 11.1. The van der Waals surface area contributed by atoms with Crippen LogP contribution in [0.25, 0.3) is 0 Å². The fraction of sp³-hybridized carbons (Fsp3) is 0.900. The van der Waals surface area contributed by atoms with Crippen molar-refractivity contribution < 1.29 is 23.7 Å². The summed E-state index contributed by atoms with van der Waals surface area (Å²) >= 11 is 0. The molecule has 6 nitrogen and oxygen atoms in total. The molecule has 0 rings (SSSR count). The predicted molar refractivity (Wildman–Crippen MR) is 59.7 cm³/mol. The summed E-state index contributed by atoms with van der Waals surface area (Å²) in [6.07, 6.45) is 0.581. The first-order chi connectivity index (χ1) is 7.41. The Balaban J connectivity index is 0. The van der Waals surface area contributed by atoms with Gasteiger partial charge in [-0.3, -0.25) is 9.69 Å². The van der Waals surface area contributed by atoms with Crippen molar-refractivity contribution in [3.63, 3.8) is 0 Å². The van der Waals surface area contributed by atoms with E-state index in [-0.39, 0.29) is 6.29 Å². The van der Waals surface area contributed by atoms with Gasteiger partial charge in [0.2, 0.25) is 12.3 Å². The van der Waals surface area contributed by atoms with E-state index in [1.807, 2.05) is 6.92 Å². The molecule has 1 amide bonds. The maximum Gasteiger partial charge on any atom is 0.249 e. The Morgan fingerprint density at radius 1 is 1.12 bits per heavy atom. The van der Waals surface area contributed by atoms with E-state index in [2.05, 4.69) is 9.47 Å². The molecule has 0 aromatic rings. The van der Waals surface area contributed by atoms with Gasteiger partial charge in [-0.05, 0) is 6.92 Å². The zero-order chi connectivity index (χ0) is 13.2. The molecule has 0 aromatic heterocycles. The lowest BCUT2D eigenvalue weighted by atomic mass is 10.5. The van der Waals surface area contributed by atoms with Crippen molar-refractivity contribution in [1.82, 2.24) is 4.90 Å². The third-order valence-electron chi connectivity index (χ3n) is 2.22. The quantitative estimate of drug-likeness (QED) is 0.502. The average Bonchev–Trinajstić information content (AvgIpc) is 2.36. The van der Waals surface area contributed by atoms with Gasteiger partial charge in [-0.2, -0.15) is 0 Å². The minimum absolute atomic E-state index is 0.0648. The van der Waals surface area contributed by atoms with Gasteiger partial charge in [0.25, 0.3) is 0 Å². The van der Waals surface area contributed by atoms with E-state index >= 15 is 0 Å². The van der Waals surface area contributed by atoms with Gasteiger partial charge in [0.1, 0.15) is 0 Å². The highest BCUT2D eigenvalue weighted by Gasteiger charge is 2.27. The van der Waals surface area contributed by atoms with Crippen LogP contribution in [0.15, 0.2) is 0 Å². The van der Waals surface area contributed by atoms with Gasteiger partial charge in [-0.25, -0.2) is 0 Å². The predicted octanol–water partition coefficient (Wildman–Crippen LogP) is 0.666. The van der Waals surface area contributed by atoms with Crippen LogP contribution in [0, 0.1) is 0 Å². The first-order valence-electron chi connectivity index (χ1n) is 4.75. The van der Waals surface area contributed by atoms with Gasteiger partial charge in [0, 0.05) is 42.4 Å². The van der Waals surface area contributed by atoms with E-state index in [0.717, 1.165) is 0 Å². The van der Waals surface area contributed by atoms with Crippen LogP contribution in [-0.2, 0) is 23.7 Å². The zero-order valence-electron chi connectivity index (χ0n) is 11.1. The fourth-order valence-electron chi connectivity index (χ4n) is 0.563. The Labute approximate surface area is 97.4 Å². The molecule has 0 unspecified atom stereocenters. The molecule has 0 saturated heterocycles. The lowest BCUT2D eigenvalue weighted by Gasteiger charge is -2.32. The minimum Gasteiger partial charge on any atom is -0.356 e. The molecule has 0 atom stereocenters. The lowest BCUT2D eigenvalue weighted by molar-refractivity contribution is -0.265. The number of nitrogens with zero attached hydrogens (tertiary/aromatic N) is 1. The maximum atomic E-state index is 10.2. The second kappa shape index (κ2) is 9.53. The van der Waals surface area contributed by atoms with Crippen molar-refractivity contribution in [1.29, 1.82) is 0 Å². The summed E-state index contributed by atoms with van der Waals surface area (Å²) in [5.41, 5.74) is 0. The van der Waals surface area contributed by atoms with Crippen LogP contribution in [0.4, 0.5) is 0 Å². The van der Waals surface area contributed by atoms with E-state index in [9.17, 15) is 4.79 Å². The first-order valence-corrected chi connectivity index (χ1v) is 4.75. The van der Waals surface area contributed by atoms with Crippen molar-refractivity contribution in [3.8, 4) is 0 Å². The Bertz CT molecular complexity index is 169. The molecule has 0 N–H and O–H groups in total. The van der Waals surface area contributed by atoms with Crippen LogP contribution in [0.5, 0.6) is 0 Å². The summed E-state index contributed by atoms with van der Waals surface area (Å²) in [5.74, 6) is -0.943. The van der Waals surface area contributed by atoms with Crippen LogP contribution in [-0.4, -0.2) is 59.0 Å². The number of methoxy groups -OCH3 is 4. The van der Waals surface area contributed by atoms with Gasteiger partial charge in [-0.15, -0.1) is 0 Å². The third kappa shape index (κ3) is 6.73. The monoisotopic (exact) mass is 237 g/mol. The summed E-state index contributed by atoms with van der Waals surface area (Å²) in [7, 11) is 7.75. The molecule has 0 aliphatic rings. The Kier molecular flexibility index (Phi) is 10.5. The Morgan fingerprint density at radius 2 is 1.50 bits per heavy atom. The van der Waals surface area contributed by atoms with Crippen molar-refractivity contribution in [2.45, 2.75) is 26.0 Å². The number of hydrogen-bond donors (Lipinski definition) is 0. The summed E-state index contributed by atoms with van der Waals surface area (Å²) in [5, 5.41) is 0. The number of carbonyl (C=O) groups is 1. The number of rotatable bonds is 6. The van der Waals surface area contributed by atoms with Crippen molar-refractivity contribution in [2.75, 3.05) is 35.5 Å². The number of amides is 1. The van der Waals surface area contributed by atoms with Crippen molar-refractivity contribution in [2.24, 2.45) is 0 Å². The van der Waals surface area contributed by atoms with Crippen LogP contribution in [0.1, 0.15) is 13.8 Å². The number of carbonyl (C=O) groups excluding carboxylic acids is 1. The summed E-state index contributed by atoms with van der Waals surface area (Å²) in [6.45, 7) is 3.49. The van der Waals surface area contributed by atoms with Gasteiger partial charge >= 0.3 is 0 Å². The molecule has 0 heterocycles. The Hall–Kier alpha value is -0.690. The first kappa shape index (κ1) is 17.7. The highest BCUT2D eigenvalue weighted by molar-refractivity contribution is 5.47. The summed E-state index contributed by atoms with van der Waals surface area (Å²) in [6, 6.07) is 0. The molecule has 0 saturated carbocycles. The maximum absolute atomic E-state index is 10.2. The van der Waals surface area contributed by atoms with Gasteiger partial charge in [-0.1, -0.05) is 0 Å². The molecule has 16 heavy (non-hydrogen) atoms. The number of ether oxygens (including phenoxy) is 4. The van der Waals surface area contributed by atoms with Gasteiger partial charge in [0.15, 0.2) is 6.29 Å². The van der Waals surface area contributed by atoms with Crippen LogP contribution in [0.2, 0.25) is 0 Å². The van der Waals surface area contributed by atoms with Gasteiger partial charge < -0.3 is 18.9 Å². The SMILES string of the molecule is COC(C)(OC)N(C)C=O.COC(C)OC. The molecule has 0 aliphatic carbocycles. The van der Waals surface area contributed by atoms with E-state index in [4.69, 9.17) is 9.47 Å². The number of hydrogen-bond acceptors (Lipinski definition) is 5. The second-order valence-electron chi connectivity index (χ2n) is 3.06. The van der Waals surface area contributed by atoms with E-state index in [1.54, 1.807) is 28.2 Å². The van der Waals surface area contributed by atoms with E-state index in [0.29, 0.717) is 6.41 Å². The van der Waals surface area contributed by atoms with E-state index in [1.165, 1.54) is 19.1 Å². The van der Waals surface area contributed by atoms with Crippen LogP contribution >= 0.6 is 0 Å². The topological polar surface area (TPSA) is 57.2 Å². The average molecular weight is 237 g/mol. The van der Waals surface area contributed by atoms with E-state index < -0.39 is 5.91 Å². The Morgan fingerprint density at radius 3 is 1.56 bits per heavy atom. The molecule has 0 aromatic carbocycles. The van der Waals surface area contributed by atoms with Crippen molar-refractivity contribution >= 4 is 6.41 Å². The highest BCUT2D eigenvalue weighted by atomic mass is 16.7. The minimum atomic E-state index is -0.943. The smallest absolute Gasteiger partial charge is 0.249 e.